The Hall–Kier alpha value is -4.02. The Balaban J connectivity index is 1.05. The predicted molar refractivity (Wildman–Crippen MR) is 184 cm³/mol. The summed E-state index contributed by atoms with van der Waals surface area (Å²) in [6, 6.07) is 18.9. The number of carbonyl (C=O) groups excluding carboxylic acids is 1. The molecule has 3 fully saturated rings. The molecule has 4 atom stereocenters. The third-order valence-corrected chi connectivity index (χ3v) is 10.6. The average molecular weight is 669 g/mol. The van der Waals surface area contributed by atoms with Crippen molar-refractivity contribution in [1.82, 2.24) is 35.9 Å². The molecule has 240 valence electrons. The summed E-state index contributed by atoms with van der Waals surface area (Å²) in [7, 11) is 1.61. The monoisotopic (exact) mass is 667 g/mol. The number of benzene rings is 2. The van der Waals surface area contributed by atoms with E-state index in [-0.39, 0.29) is 11.9 Å². The first-order chi connectivity index (χ1) is 22.9. The van der Waals surface area contributed by atoms with Crippen molar-refractivity contribution in [2.24, 2.45) is 5.92 Å². The largest absolute Gasteiger partial charge is 0.481 e. The summed E-state index contributed by atoms with van der Waals surface area (Å²) in [5.41, 5.74) is 7.43. The Morgan fingerprint density at radius 2 is 1.85 bits per heavy atom. The van der Waals surface area contributed by atoms with Gasteiger partial charge in [0.1, 0.15) is 5.82 Å². The molecule has 47 heavy (non-hydrogen) atoms. The molecule has 1 aliphatic carbocycles. The van der Waals surface area contributed by atoms with E-state index < -0.39 is 0 Å². The van der Waals surface area contributed by atoms with Gasteiger partial charge in [0.25, 0.3) is 0 Å². The second-order valence-corrected chi connectivity index (χ2v) is 13.5. The molecule has 4 N–H and O–H groups in total. The zero-order valence-corrected chi connectivity index (χ0v) is 27.5. The van der Waals surface area contributed by atoms with Crippen LogP contribution < -0.4 is 20.7 Å². The number of rotatable bonds is 9. The molecule has 2 saturated heterocycles. The quantitative estimate of drug-likeness (QED) is 0.136. The van der Waals surface area contributed by atoms with Gasteiger partial charge in [0, 0.05) is 65.6 Å². The van der Waals surface area contributed by atoms with Crippen molar-refractivity contribution in [3.63, 3.8) is 0 Å². The molecule has 5 aromatic rings. The lowest BCUT2D eigenvalue weighted by Crippen LogP contribution is -2.35. The van der Waals surface area contributed by atoms with Crippen LogP contribution in [-0.2, 0) is 11.3 Å². The van der Waals surface area contributed by atoms with Crippen LogP contribution in [0.2, 0.25) is 10.0 Å². The maximum Gasteiger partial charge on any atom is 0.220 e. The smallest absolute Gasteiger partial charge is 0.220 e. The molecule has 1 unspecified atom stereocenters. The maximum atomic E-state index is 11.5. The van der Waals surface area contributed by atoms with E-state index >= 15 is 0 Å². The van der Waals surface area contributed by atoms with Gasteiger partial charge >= 0.3 is 0 Å². The lowest BCUT2D eigenvalue weighted by molar-refractivity contribution is -0.119. The van der Waals surface area contributed by atoms with Gasteiger partial charge in [0.15, 0.2) is 0 Å². The summed E-state index contributed by atoms with van der Waals surface area (Å²) >= 11 is 14.2. The van der Waals surface area contributed by atoms with E-state index in [0.29, 0.717) is 64.8 Å². The van der Waals surface area contributed by atoms with Crippen LogP contribution in [0.1, 0.15) is 49.5 Å². The Morgan fingerprint density at radius 1 is 0.979 bits per heavy atom. The highest BCUT2D eigenvalue weighted by atomic mass is 35.5. The van der Waals surface area contributed by atoms with Crippen LogP contribution in [0.4, 0.5) is 0 Å². The number of nitrogens with one attached hydrogen (secondary N) is 4. The highest BCUT2D eigenvalue weighted by Crippen LogP contribution is 2.44. The number of H-pyrrole nitrogens is 1. The standard InChI is InChI=1S/C36H35Cl2N7O2/c1-47-36-21(17-39-18-23-9-12-30(46)41-23)7-10-27(45-36)26-4-2-3-24(31(26)37)25-13-14-40-33(32(25)38)20-6-11-28-29(16-20)44-35(43-28)34-19-5-8-22(15-19)42-34/h2-4,6-7,10-11,13-14,16,19,22-23,34,39,42H,5,8-9,12,15,17-18H2,1H3,(H,41,46)(H,43,44)/t19-,22+,23?,34+/m1/s1. The minimum Gasteiger partial charge on any atom is -0.481 e. The zero-order valence-electron chi connectivity index (χ0n) is 25.9. The molecule has 2 aromatic carbocycles. The summed E-state index contributed by atoms with van der Waals surface area (Å²) in [6.45, 7) is 1.25. The number of ether oxygens (including phenoxy) is 1. The first-order valence-corrected chi connectivity index (χ1v) is 16.9. The molecule has 5 heterocycles. The molecule has 2 bridgehead atoms. The number of halogens is 2. The number of methoxy groups -OCH3 is 1. The molecular weight excluding hydrogens is 633 g/mol. The third kappa shape index (κ3) is 5.75. The summed E-state index contributed by atoms with van der Waals surface area (Å²) in [4.78, 5) is 29.5. The number of piperidine rings is 1. The van der Waals surface area contributed by atoms with Crippen LogP contribution in [0.3, 0.4) is 0 Å². The first kappa shape index (κ1) is 30.3. The maximum absolute atomic E-state index is 11.5. The normalized spacial score (nSPS) is 21.9. The van der Waals surface area contributed by atoms with Crippen molar-refractivity contribution < 1.29 is 9.53 Å². The molecular formula is C36H35Cl2N7O2. The molecule has 0 radical (unpaired) electrons. The van der Waals surface area contributed by atoms with E-state index in [0.717, 1.165) is 51.1 Å². The van der Waals surface area contributed by atoms with Crippen LogP contribution >= 0.6 is 23.2 Å². The van der Waals surface area contributed by atoms with E-state index in [9.17, 15) is 4.79 Å². The fraction of sp³-hybridized carbons (Fsp3) is 0.333. The van der Waals surface area contributed by atoms with E-state index in [2.05, 4.69) is 32.0 Å². The topological polar surface area (TPSA) is 117 Å². The van der Waals surface area contributed by atoms with Gasteiger partial charge < -0.3 is 25.7 Å². The van der Waals surface area contributed by atoms with Crippen molar-refractivity contribution in [1.29, 1.82) is 0 Å². The van der Waals surface area contributed by atoms with Crippen molar-refractivity contribution in [3.8, 4) is 39.5 Å². The van der Waals surface area contributed by atoms with Gasteiger partial charge in [0.05, 0.1) is 45.6 Å². The molecule has 8 rings (SSSR count). The Kier molecular flexibility index (Phi) is 8.09. The van der Waals surface area contributed by atoms with E-state index in [1.54, 1.807) is 13.3 Å². The van der Waals surface area contributed by atoms with Crippen LogP contribution in [0, 0.1) is 5.92 Å². The van der Waals surface area contributed by atoms with Crippen molar-refractivity contribution in [2.45, 2.75) is 56.8 Å². The van der Waals surface area contributed by atoms with Crippen LogP contribution in [-0.4, -0.2) is 51.6 Å². The number of hydrogen-bond acceptors (Lipinski definition) is 7. The minimum absolute atomic E-state index is 0.108. The number of nitrogens with zero attached hydrogens (tertiary/aromatic N) is 3. The summed E-state index contributed by atoms with van der Waals surface area (Å²) in [5, 5.41) is 11.2. The van der Waals surface area contributed by atoms with Gasteiger partial charge in [-0.05, 0) is 55.9 Å². The van der Waals surface area contributed by atoms with Gasteiger partial charge in [-0.1, -0.05) is 53.5 Å². The number of imidazole rings is 1. The number of aromatic amines is 1. The predicted octanol–water partition coefficient (Wildman–Crippen LogP) is 6.85. The Bertz CT molecular complexity index is 2000. The SMILES string of the molecule is COc1nc(-c2cccc(-c3ccnc(-c4ccc5nc([C@H]6N[C@H]7CC[C@@H]6C7)[nH]c5c4)c3Cl)c2Cl)ccc1CNCC1CCC(=O)N1. The second kappa shape index (κ2) is 12.5. The first-order valence-electron chi connectivity index (χ1n) is 16.2. The number of aromatic nitrogens is 4. The average Bonchev–Trinajstić information content (AvgIpc) is 3.90. The summed E-state index contributed by atoms with van der Waals surface area (Å²) < 4.78 is 5.66. The lowest BCUT2D eigenvalue weighted by atomic mass is 9.99. The van der Waals surface area contributed by atoms with Crippen molar-refractivity contribution in [3.05, 3.63) is 82.2 Å². The second-order valence-electron chi connectivity index (χ2n) is 12.8. The number of carbonyl (C=O) groups is 1. The Labute approximate surface area is 282 Å². The fourth-order valence-electron chi connectivity index (χ4n) is 7.42. The molecule has 0 spiro atoms. The van der Waals surface area contributed by atoms with Crippen molar-refractivity contribution >= 4 is 40.1 Å². The van der Waals surface area contributed by atoms with E-state index in [1.165, 1.54) is 19.3 Å². The lowest BCUT2D eigenvalue weighted by Gasteiger charge is -2.20. The Morgan fingerprint density at radius 3 is 2.64 bits per heavy atom. The van der Waals surface area contributed by atoms with Gasteiger partial charge in [0.2, 0.25) is 11.8 Å². The van der Waals surface area contributed by atoms with Gasteiger partial charge in [-0.3, -0.25) is 9.78 Å². The molecule has 1 amide bonds. The van der Waals surface area contributed by atoms with E-state index in [4.69, 9.17) is 37.9 Å². The molecule has 3 aromatic heterocycles. The molecule has 3 aliphatic rings. The molecule has 1 saturated carbocycles. The molecule has 2 aliphatic heterocycles. The molecule has 11 heteroatoms. The van der Waals surface area contributed by atoms with Crippen LogP contribution in [0.25, 0.3) is 44.7 Å². The number of pyridine rings is 2. The molecule has 9 nitrogen and oxygen atoms in total. The highest BCUT2D eigenvalue weighted by molar-refractivity contribution is 6.39. The van der Waals surface area contributed by atoms with Crippen molar-refractivity contribution in [2.75, 3.05) is 13.7 Å². The number of fused-ring (bicyclic) bond motifs is 3. The number of amides is 1. The van der Waals surface area contributed by atoms with Gasteiger partial charge in [-0.25, -0.2) is 9.97 Å². The summed E-state index contributed by atoms with van der Waals surface area (Å²) in [5.74, 6) is 2.29. The minimum atomic E-state index is 0.108. The highest BCUT2D eigenvalue weighted by Gasteiger charge is 2.41. The summed E-state index contributed by atoms with van der Waals surface area (Å²) in [6.07, 6.45) is 6.95. The third-order valence-electron chi connectivity index (χ3n) is 9.81. The van der Waals surface area contributed by atoms with Gasteiger partial charge in [-0.15, -0.1) is 0 Å². The van der Waals surface area contributed by atoms with Crippen LogP contribution in [0.5, 0.6) is 5.88 Å². The van der Waals surface area contributed by atoms with E-state index in [1.807, 2.05) is 48.5 Å². The zero-order chi connectivity index (χ0) is 32.1. The van der Waals surface area contributed by atoms with Crippen LogP contribution in [0.15, 0.2) is 60.8 Å². The number of hydrogen-bond donors (Lipinski definition) is 4. The van der Waals surface area contributed by atoms with Gasteiger partial charge in [-0.2, -0.15) is 0 Å². The fourth-order valence-corrected chi connectivity index (χ4v) is 8.07.